The summed E-state index contributed by atoms with van der Waals surface area (Å²) in [6, 6.07) is 11.7. The van der Waals surface area contributed by atoms with Crippen molar-refractivity contribution in [3.05, 3.63) is 98.3 Å². The number of ketones is 2. The van der Waals surface area contributed by atoms with E-state index in [1.54, 1.807) is 34.7 Å². The van der Waals surface area contributed by atoms with E-state index in [0.717, 1.165) is 57.8 Å². The van der Waals surface area contributed by atoms with Crippen LogP contribution in [0.25, 0.3) is 10.8 Å². The SMILES string of the molecule is CC12CC(CCCCCC(=O)N3CCN(C(=O)c4cc(Cc5n[nH]c(=O)c6ccccc56)ccc4F)CC3)C3=C4CCC(=O)C=C4CCC3C1CCC2=O. The number of allylic oxidation sites excluding steroid dienone is 4. The number of carbonyl (C=O) groups excluding carboxylic acids is 4. The molecule has 2 amide bonds. The van der Waals surface area contributed by atoms with Crippen LogP contribution in [0.4, 0.5) is 4.39 Å². The molecule has 0 spiro atoms. The molecule has 4 aliphatic carbocycles. The van der Waals surface area contributed by atoms with Gasteiger partial charge in [-0.05, 0) is 104 Å². The van der Waals surface area contributed by atoms with Gasteiger partial charge in [-0.1, -0.05) is 49.6 Å². The second-order valence-corrected chi connectivity index (χ2v) is 16.4. The molecule has 10 heteroatoms. The fourth-order valence-electron chi connectivity index (χ4n) is 10.5. The highest BCUT2D eigenvalue weighted by Crippen LogP contribution is 2.61. The average Bonchev–Trinajstić information content (AvgIpc) is 3.48. The lowest BCUT2D eigenvalue weighted by molar-refractivity contribution is -0.133. The second-order valence-electron chi connectivity index (χ2n) is 16.4. The van der Waals surface area contributed by atoms with Crippen LogP contribution in [0.15, 0.2) is 70.1 Å². The number of fused-ring (bicyclic) bond motifs is 5. The molecule has 0 radical (unpaired) electrons. The number of H-pyrrole nitrogens is 1. The fraction of sp³-hybridized carbons (Fsp3) is 0.500. The summed E-state index contributed by atoms with van der Waals surface area (Å²) in [4.78, 5) is 67.8. The summed E-state index contributed by atoms with van der Waals surface area (Å²) in [5, 5.41) is 7.98. The minimum atomic E-state index is -0.597. The van der Waals surface area contributed by atoms with Crippen molar-refractivity contribution in [1.29, 1.82) is 0 Å². The summed E-state index contributed by atoms with van der Waals surface area (Å²) >= 11 is 0. The van der Waals surface area contributed by atoms with Crippen molar-refractivity contribution >= 4 is 34.2 Å². The zero-order valence-corrected chi connectivity index (χ0v) is 31.1. The number of carbonyl (C=O) groups is 4. The number of halogens is 1. The molecule has 1 saturated heterocycles. The molecule has 1 N–H and O–H groups in total. The summed E-state index contributed by atoms with van der Waals surface area (Å²) in [5.41, 5.74) is 5.04. The minimum absolute atomic E-state index is 0.0129. The average molecular weight is 733 g/mol. The lowest BCUT2D eigenvalue weighted by Crippen LogP contribution is -2.50. The maximum absolute atomic E-state index is 15.0. The molecule has 282 valence electrons. The van der Waals surface area contributed by atoms with Crippen LogP contribution in [0.1, 0.15) is 106 Å². The van der Waals surface area contributed by atoms with Crippen molar-refractivity contribution in [2.45, 2.75) is 90.4 Å². The third kappa shape index (κ3) is 6.77. The topological polar surface area (TPSA) is 121 Å². The smallest absolute Gasteiger partial charge is 0.272 e. The summed E-state index contributed by atoms with van der Waals surface area (Å²) in [7, 11) is 0. The van der Waals surface area contributed by atoms with E-state index in [1.807, 2.05) is 23.1 Å². The van der Waals surface area contributed by atoms with E-state index >= 15 is 4.39 Å². The lowest BCUT2D eigenvalue weighted by atomic mass is 9.53. The van der Waals surface area contributed by atoms with Crippen LogP contribution >= 0.6 is 0 Å². The Balaban J connectivity index is 0.836. The van der Waals surface area contributed by atoms with Crippen LogP contribution in [-0.2, 0) is 20.8 Å². The Labute approximate surface area is 315 Å². The van der Waals surface area contributed by atoms with Crippen LogP contribution in [0.3, 0.4) is 0 Å². The molecule has 8 rings (SSSR count). The van der Waals surface area contributed by atoms with E-state index in [1.165, 1.54) is 17.2 Å². The van der Waals surface area contributed by atoms with Gasteiger partial charge < -0.3 is 9.80 Å². The Bertz CT molecular complexity index is 2150. The number of aromatic nitrogens is 2. The van der Waals surface area contributed by atoms with E-state index in [9.17, 15) is 24.0 Å². The van der Waals surface area contributed by atoms with Gasteiger partial charge in [-0.3, -0.25) is 24.0 Å². The number of nitrogens with one attached hydrogen (secondary N) is 1. The van der Waals surface area contributed by atoms with Crippen molar-refractivity contribution in [3.8, 4) is 0 Å². The second kappa shape index (κ2) is 14.8. The third-order valence-electron chi connectivity index (χ3n) is 13.3. The predicted octanol–water partition coefficient (Wildman–Crippen LogP) is 6.89. The monoisotopic (exact) mass is 732 g/mol. The first-order valence-corrected chi connectivity index (χ1v) is 19.9. The van der Waals surface area contributed by atoms with Gasteiger partial charge in [0.2, 0.25) is 5.91 Å². The van der Waals surface area contributed by atoms with Crippen molar-refractivity contribution in [1.82, 2.24) is 20.0 Å². The normalized spacial score (nSPS) is 25.4. The van der Waals surface area contributed by atoms with Gasteiger partial charge in [-0.15, -0.1) is 0 Å². The van der Waals surface area contributed by atoms with Crippen LogP contribution in [0.5, 0.6) is 0 Å². The van der Waals surface area contributed by atoms with Crippen molar-refractivity contribution < 1.29 is 23.6 Å². The summed E-state index contributed by atoms with van der Waals surface area (Å²) in [6.07, 6.45) is 12.4. The summed E-state index contributed by atoms with van der Waals surface area (Å²) < 4.78 is 15.0. The third-order valence-corrected chi connectivity index (χ3v) is 13.3. The van der Waals surface area contributed by atoms with Crippen molar-refractivity contribution in [2.24, 2.45) is 23.2 Å². The summed E-state index contributed by atoms with van der Waals surface area (Å²) in [5.74, 6) is 0.992. The molecule has 3 aromatic rings. The zero-order chi connectivity index (χ0) is 37.6. The summed E-state index contributed by atoms with van der Waals surface area (Å²) in [6.45, 7) is 3.70. The van der Waals surface area contributed by atoms with Crippen LogP contribution in [-0.4, -0.2) is 69.6 Å². The van der Waals surface area contributed by atoms with Gasteiger partial charge in [-0.25, -0.2) is 9.49 Å². The first-order valence-electron chi connectivity index (χ1n) is 19.9. The Morgan fingerprint density at radius 2 is 1.69 bits per heavy atom. The number of benzene rings is 2. The van der Waals surface area contributed by atoms with E-state index < -0.39 is 11.7 Å². The Morgan fingerprint density at radius 3 is 2.50 bits per heavy atom. The number of hydrogen-bond acceptors (Lipinski definition) is 6. The molecule has 1 aliphatic heterocycles. The Morgan fingerprint density at radius 1 is 0.907 bits per heavy atom. The number of rotatable bonds is 9. The highest BCUT2D eigenvalue weighted by atomic mass is 19.1. The number of hydrogen-bond donors (Lipinski definition) is 1. The molecule has 4 unspecified atom stereocenters. The van der Waals surface area contributed by atoms with Crippen molar-refractivity contribution in [2.75, 3.05) is 26.2 Å². The van der Waals surface area contributed by atoms with Gasteiger partial charge in [-0.2, -0.15) is 5.10 Å². The largest absolute Gasteiger partial charge is 0.339 e. The molecule has 9 nitrogen and oxygen atoms in total. The number of Topliss-reactive ketones (excluding diaryl/α,β-unsaturated/α-hetero) is 1. The first-order chi connectivity index (χ1) is 26.1. The van der Waals surface area contributed by atoms with E-state index in [0.29, 0.717) is 97.4 Å². The number of piperazine rings is 1. The highest BCUT2D eigenvalue weighted by Gasteiger charge is 2.56. The molecule has 2 heterocycles. The first kappa shape index (κ1) is 36.3. The molecular formula is C44H49FN4O5. The Kier molecular flexibility index (Phi) is 9.96. The van der Waals surface area contributed by atoms with Crippen LogP contribution in [0, 0.1) is 29.0 Å². The van der Waals surface area contributed by atoms with Gasteiger partial charge in [0.1, 0.15) is 11.6 Å². The molecule has 4 atom stereocenters. The molecule has 1 aromatic heterocycles. The number of unbranched alkanes of at least 4 members (excludes halogenated alkanes) is 2. The predicted molar refractivity (Wildman–Crippen MR) is 203 cm³/mol. The fourth-order valence-corrected chi connectivity index (χ4v) is 10.5. The zero-order valence-electron chi connectivity index (χ0n) is 31.1. The maximum atomic E-state index is 15.0. The van der Waals surface area contributed by atoms with Gasteiger partial charge in [0.15, 0.2) is 5.78 Å². The van der Waals surface area contributed by atoms with E-state index in [2.05, 4.69) is 17.1 Å². The van der Waals surface area contributed by atoms with Gasteiger partial charge in [0.25, 0.3) is 11.5 Å². The van der Waals surface area contributed by atoms with Gasteiger partial charge >= 0.3 is 0 Å². The molecular weight excluding hydrogens is 684 g/mol. The lowest BCUT2D eigenvalue weighted by Gasteiger charge is -2.50. The van der Waals surface area contributed by atoms with Crippen LogP contribution < -0.4 is 5.56 Å². The molecule has 2 aromatic carbocycles. The highest BCUT2D eigenvalue weighted by molar-refractivity contribution is 5.95. The maximum Gasteiger partial charge on any atom is 0.272 e. The Hall–Kier alpha value is -4.73. The van der Waals surface area contributed by atoms with E-state index in [4.69, 9.17) is 0 Å². The number of aromatic amines is 1. The molecule has 3 fully saturated rings. The minimum Gasteiger partial charge on any atom is -0.339 e. The molecule has 2 saturated carbocycles. The number of nitrogens with zero attached hydrogens (tertiary/aromatic N) is 3. The quantitative estimate of drug-likeness (QED) is 0.240. The van der Waals surface area contributed by atoms with Gasteiger partial charge in [0.05, 0.1) is 16.6 Å². The molecule has 0 bridgehead atoms. The molecule has 5 aliphatic rings. The number of amides is 2. The van der Waals surface area contributed by atoms with E-state index in [-0.39, 0.29) is 28.2 Å². The standard InChI is InChI=1S/C44H49FN4O5/c1-44-26-29(41-31-15-13-30(50)25-28(31)12-14-34(41)36(44)16-18-39(44)51)7-3-2-4-10-40(52)48-19-21-49(22-20-48)43(54)35-23-27(11-17-37(35)45)24-38-32-8-5-6-9-33(32)42(53)47-46-38/h5-6,8-9,11,17,23,25,29,34,36H,2-4,7,10,12-16,18-22,24,26H2,1H3,(H,47,53). The molecule has 54 heavy (non-hydrogen) atoms. The van der Waals surface area contributed by atoms with Gasteiger partial charge in [0, 0.05) is 62.7 Å². The van der Waals surface area contributed by atoms with Crippen molar-refractivity contribution in [3.63, 3.8) is 0 Å². The van der Waals surface area contributed by atoms with Crippen LogP contribution in [0.2, 0.25) is 0 Å².